The normalized spacial score (nSPS) is 13.1. The number of carbonyl (C=O) groups is 1. The van der Waals surface area contributed by atoms with E-state index in [-0.39, 0.29) is 0 Å². The van der Waals surface area contributed by atoms with E-state index < -0.39 is 5.97 Å². The van der Waals surface area contributed by atoms with Crippen molar-refractivity contribution in [3.63, 3.8) is 0 Å². The molecule has 2 aromatic rings. The van der Waals surface area contributed by atoms with Crippen molar-refractivity contribution in [2.75, 3.05) is 12.0 Å². The molecule has 21 heavy (non-hydrogen) atoms. The van der Waals surface area contributed by atoms with Gasteiger partial charge in [-0.3, -0.25) is 0 Å². The standard InChI is InChI=1S/C16H14ClNO3/c1-21-13-4-5-15(14(17)7-13)18-8-11-3-2-10(16(19)20)6-12(11)9-18/h2-7H,8-9H2,1H3,(H,19,20). The van der Waals surface area contributed by atoms with Crippen LogP contribution in [0.4, 0.5) is 5.69 Å². The molecule has 2 aromatic carbocycles. The molecule has 0 fully saturated rings. The van der Waals surface area contributed by atoms with E-state index in [9.17, 15) is 4.79 Å². The van der Waals surface area contributed by atoms with Gasteiger partial charge in [0, 0.05) is 19.2 Å². The number of anilines is 1. The fourth-order valence-corrected chi connectivity index (χ4v) is 2.86. The number of nitrogens with zero attached hydrogens (tertiary/aromatic N) is 1. The Kier molecular flexibility index (Phi) is 3.47. The van der Waals surface area contributed by atoms with Gasteiger partial charge < -0.3 is 14.7 Å². The lowest BCUT2D eigenvalue weighted by Crippen LogP contribution is -2.14. The second-order valence-electron chi connectivity index (χ2n) is 4.96. The number of ether oxygens (including phenoxy) is 1. The number of rotatable bonds is 3. The molecule has 108 valence electrons. The third-order valence-corrected chi connectivity index (χ3v) is 3.97. The summed E-state index contributed by atoms with van der Waals surface area (Å²) in [6.07, 6.45) is 0. The predicted octanol–water partition coefficient (Wildman–Crippen LogP) is 3.57. The number of methoxy groups -OCH3 is 1. The van der Waals surface area contributed by atoms with E-state index in [0.717, 1.165) is 23.4 Å². The van der Waals surface area contributed by atoms with E-state index in [1.807, 2.05) is 18.2 Å². The van der Waals surface area contributed by atoms with Crippen LogP contribution in [0, 0.1) is 0 Å². The SMILES string of the molecule is COc1ccc(N2Cc3ccc(C(=O)O)cc3C2)c(Cl)c1. The van der Waals surface area contributed by atoms with E-state index >= 15 is 0 Å². The molecule has 1 aliphatic rings. The van der Waals surface area contributed by atoms with Crippen molar-refractivity contribution in [3.05, 3.63) is 58.1 Å². The minimum atomic E-state index is -0.904. The molecule has 0 spiro atoms. The van der Waals surface area contributed by atoms with E-state index in [1.54, 1.807) is 25.3 Å². The lowest BCUT2D eigenvalue weighted by atomic mass is 10.1. The maximum Gasteiger partial charge on any atom is 0.335 e. The lowest BCUT2D eigenvalue weighted by Gasteiger charge is -2.19. The van der Waals surface area contributed by atoms with Crippen molar-refractivity contribution >= 4 is 23.3 Å². The van der Waals surface area contributed by atoms with Crippen LogP contribution in [0.15, 0.2) is 36.4 Å². The van der Waals surface area contributed by atoms with E-state index in [0.29, 0.717) is 22.9 Å². The summed E-state index contributed by atoms with van der Waals surface area (Å²) in [5.74, 6) is -0.188. The Labute approximate surface area is 127 Å². The molecule has 0 bridgehead atoms. The van der Waals surface area contributed by atoms with Crippen molar-refractivity contribution in [3.8, 4) is 5.75 Å². The minimum absolute atomic E-state index is 0.316. The second-order valence-corrected chi connectivity index (χ2v) is 5.37. The highest BCUT2D eigenvalue weighted by Crippen LogP contribution is 2.35. The first-order valence-electron chi connectivity index (χ1n) is 6.52. The topological polar surface area (TPSA) is 49.8 Å². The molecular weight excluding hydrogens is 290 g/mol. The van der Waals surface area contributed by atoms with Gasteiger partial charge in [-0.2, -0.15) is 0 Å². The number of benzene rings is 2. The highest BCUT2D eigenvalue weighted by atomic mass is 35.5. The van der Waals surface area contributed by atoms with Crippen molar-refractivity contribution in [1.29, 1.82) is 0 Å². The summed E-state index contributed by atoms with van der Waals surface area (Å²) in [4.78, 5) is 13.2. The Morgan fingerprint density at radius 1 is 1.19 bits per heavy atom. The Balaban J connectivity index is 1.89. The van der Waals surface area contributed by atoms with Gasteiger partial charge in [0.15, 0.2) is 0 Å². The number of hydrogen-bond donors (Lipinski definition) is 1. The van der Waals surface area contributed by atoms with Crippen molar-refractivity contribution < 1.29 is 14.6 Å². The average molecular weight is 304 g/mol. The molecule has 4 nitrogen and oxygen atoms in total. The summed E-state index contributed by atoms with van der Waals surface area (Å²) in [5, 5.41) is 9.68. The van der Waals surface area contributed by atoms with Gasteiger partial charge in [-0.15, -0.1) is 0 Å². The van der Waals surface area contributed by atoms with Crippen LogP contribution in [0.25, 0.3) is 0 Å². The molecular formula is C16H14ClNO3. The second kappa shape index (κ2) is 5.30. The predicted molar refractivity (Wildman–Crippen MR) is 81.3 cm³/mol. The molecule has 1 heterocycles. The number of carboxylic acid groups (broad SMARTS) is 1. The van der Waals surface area contributed by atoms with Gasteiger partial charge in [0.2, 0.25) is 0 Å². The molecule has 5 heteroatoms. The van der Waals surface area contributed by atoms with Crippen LogP contribution in [0.3, 0.4) is 0 Å². The average Bonchev–Trinajstić information content (AvgIpc) is 2.89. The van der Waals surface area contributed by atoms with Crippen LogP contribution in [0.5, 0.6) is 5.75 Å². The fourth-order valence-electron chi connectivity index (χ4n) is 2.57. The van der Waals surface area contributed by atoms with E-state index in [4.69, 9.17) is 21.4 Å². The quantitative estimate of drug-likeness (QED) is 0.942. The first kappa shape index (κ1) is 13.8. The summed E-state index contributed by atoms with van der Waals surface area (Å²) < 4.78 is 5.15. The number of carboxylic acids is 1. The monoisotopic (exact) mass is 303 g/mol. The fraction of sp³-hybridized carbons (Fsp3) is 0.188. The molecule has 0 saturated heterocycles. The molecule has 0 atom stereocenters. The van der Waals surface area contributed by atoms with Crippen LogP contribution in [-0.4, -0.2) is 18.2 Å². The van der Waals surface area contributed by atoms with Crippen LogP contribution >= 0.6 is 11.6 Å². The van der Waals surface area contributed by atoms with Crippen LogP contribution in [-0.2, 0) is 13.1 Å². The van der Waals surface area contributed by atoms with Gasteiger partial charge >= 0.3 is 5.97 Å². The highest BCUT2D eigenvalue weighted by Gasteiger charge is 2.22. The van der Waals surface area contributed by atoms with Gasteiger partial charge in [-0.05, 0) is 35.4 Å². The molecule has 1 N–H and O–H groups in total. The molecule has 1 aliphatic heterocycles. The van der Waals surface area contributed by atoms with Gasteiger partial charge in [-0.25, -0.2) is 4.79 Å². The third-order valence-electron chi connectivity index (χ3n) is 3.67. The Morgan fingerprint density at radius 3 is 2.62 bits per heavy atom. The molecule has 0 amide bonds. The zero-order chi connectivity index (χ0) is 15.0. The summed E-state index contributed by atoms with van der Waals surface area (Å²) >= 11 is 6.30. The van der Waals surface area contributed by atoms with E-state index in [1.165, 1.54) is 0 Å². The highest BCUT2D eigenvalue weighted by molar-refractivity contribution is 6.33. The zero-order valence-electron chi connectivity index (χ0n) is 11.5. The van der Waals surface area contributed by atoms with Crippen molar-refractivity contribution in [1.82, 2.24) is 0 Å². The largest absolute Gasteiger partial charge is 0.497 e. The molecule has 3 rings (SSSR count). The number of hydrogen-bond acceptors (Lipinski definition) is 3. The zero-order valence-corrected chi connectivity index (χ0v) is 12.2. The van der Waals surface area contributed by atoms with Gasteiger partial charge in [0.05, 0.1) is 23.4 Å². The first-order chi connectivity index (χ1) is 10.1. The summed E-state index contributed by atoms with van der Waals surface area (Å²) in [5.41, 5.74) is 3.40. The summed E-state index contributed by atoms with van der Waals surface area (Å²) in [6.45, 7) is 1.38. The molecule has 0 aliphatic carbocycles. The van der Waals surface area contributed by atoms with Gasteiger partial charge in [-0.1, -0.05) is 17.7 Å². The molecule has 0 saturated carbocycles. The van der Waals surface area contributed by atoms with Crippen molar-refractivity contribution in [2.45, 2.75) is 13.1 Å². The Bertz CT molecular complexity index is 715. The molecule has 0 aromatic heterocycles. The molecule has 0 unspecified atom stereocenters. The summed E-state index contributed by atoms with van der Waals surface area (Å²) in [7, 11) is 1.60. The number of fused-ring (bicyclic) bond motifs is 1. The maximum absolute atomic E-state index is 11.0. The third kappa shape index (κ3) is 2.54. The van der Waals surface area contributed by atoms with Crippen LogP contribution in [0.2, 0.25) is 5.02 Å². The van der Waals surface area contributed by atoms with Crippen molar-refractivity contribution in [2.24, 2.45) is 0 Å². The molecule has 0 radical (unpaired) electrons. The first-order valence-corrected chi connectivity index (χ1v) is 6.90. The Morgan fingerprint density at radius 2 is 1.95 bits per heavy atom. The number of halogens is 1. The van der Waals surface area contributed by atoms with E-state index in [2.05, 4.69) is 4.90 Å². The number of aromatic carboxylic acids is 1. The summed E-state index contributed by atoms with van der Waals surface area (Å²) in [6, 6.07) is 10.8. The maximum atomic E-state index is 11.0. The lowest BCUT2D eigenvalue weighted by molar-refractivity contribution is 0.0697. The van der Waals surface area contributed by atoms with Gasteiger partial charge in [0.1, 0.15) is 5.75 Å². The smallest absolute Gasteiger partial charge is 0.335 e. The Hall–Kier alpha value is -2.20. The van der Waals surface area contributed by atoms with Gasteiger partial charge in [0.25, 0.3) is 0 Å². The minimum Gasteiger partial charge on any atom is -0.497 e. The van der Waals surface area contributed by atoms with Crippen LogP contribution in [0.1, 0.15) is 21.5 Å². The van der Waals surface area contributed by atoms with Crippen LogP contribution < -0.4 is 9.64 Å².